The van der Waals surface area contributed by atoms with Gasteiger partial charge in [0.15, 0.2) is 0 Å². The van der Waals surface area contributed by atoms with E-state index in [9.17, 15) is 9.18 Å². The first-order valence-corrected chi connectivity index (χ1v) is 6.86. The average Bonchev–Trinajstić information content (AvgIpc) is 2.80. The second-order valence-electron chi connectivity index (χ2n) is 5.19. The number of hydrogen-bond acceptors (Lipinski definition) is 3. The van der Waals surface area contributed by atoms with Crippen LogP contribution in [-0.4, -0.2) is 37.1 Å². The van der Waals surface area contributed by atoms with Gasteiger partial charge in [0.25, 0.3) is 0 Å². The predicted molar refractivity (Wildman–Crippen MR) is 78.1 cm³/mol. The minimum absolute atomic E-state index is 0.0977. The topological polar surface area (TPSA) is 70.4 Å². The van der Waals surface area contributed by atoms with E-state index in [1.807, 2.05) is 0 Å². The number of halogens is 1. The van der Waals surface area contributed by atoms with E-state index in [1.165, 1.54) is 31.0 Å². The van der Waals surface area contributed by atoms with Gasteiger partial charge in [0.1, 0.15) is 5.82 Å². The van der Waals surface area contributed by atoms with Crippen LogP contribution in [0.5, 0.6) is 0 Å². The van der Waals surface area contributed by atoms with Gasteiger partial charge in [-0.2, -0.15) is 0 Å². The van der Waals surface area contributed by atoms with Crippen molar-refractivity contribution in [3.63, 3.8) is 0 Å². The zero-order valence-corrected chi connectivity index (χ0v) is 11.7. The summed E-state index contributed by atoms with van der Waals surface area (Å²) in [5.41, 5.74) is 6.07. The quantitative estimate of drug-likeness (QED) is 0.739. The van der Waals surface area contributed by atoms with Gasteiger partial charge in [-0.05, 0) is 51.1 Å². The Hall–Kier alpha value is -1.82. The molecule has 1 aromatic carbocycles. The van der Waals surface area contributed by atoms with Crippen LogP contribution in [0.4, 0.5) is 20.6 Å². The second kappa shape index (κ2) is 6.56. The Labute approximate surface area is 118 Å². The molecule has 0 aromatic heterocycles. The Morgan fingerprint density at radius 1 is 1.55 bits per heavy atom. The van der Waals surface area contributed by atoms with Crippen LogP contribution in [0.25, 0.3) is 0 Å². The number of nitrogens with two attached hydrogens (primary N) is 1. The van der Waals surface area contributed by atoms with Gasteiger partial charge in [-0.15, -0.1) is 0 Å². The minimum atomic E-state index is -0.495. The Bertz CT molecular complexity index is 480. The van der Waals surface area contributed by atoms with Crippen molar-refractivity contribution >= 4 is 17.4 Å². The first kappa shape index (κ1) is 14.6. The lowest BCUT2D eigenvalue weighted by molar-refractivity contribution is 0.248. The molecule has 1 aliphatic rings. The highest BCUT2D eigenvalue weighted by Crippen LogP contribution is 2.18. The molecule has 1 heterocycles. The van der Waals surface area contributed by atoms with Crippen molar-refractivity contribution in [3.05, 3.63) is 24.0 Å². The lowest BCUT2D eigenvalue weighted by Gasteiger charge is -2.19. The van der Waals surface area contributed by atoms with Gasteiger partial charge in [-0.25, -0.2) is 9.18 Å². The highest BCUT2D eigenvalue weighted by Gasteiger charge is 2.20. The number of anilines is 2. The number of carbonyl (C=O) groups excluding carboxylic acids is 1. The standard InChI is InChI=1S/C14H21FN4O/c1-19-8-2-3-11(19)6-7-17-14(20)18-13-9-10(16)4-5-12(13)15/h4-5,9,11H,2-3,6-8,16H2,1H3,(H2,17,18,20). The van der Waals surface area contributed by atoms with Crippen LogP contribution in [0.2, 0.25) is 0 Å². The molecule has 6 heteroatoms. The zero-order valence-electron chi connectivity index (χ0n) is 11.7. The van der Waals surface area contributed by atoms with E-state index >= 15 is 0 Å². The molecule has 1 aromatic rings. The van der Waals surface area contributed by atoms with Gasteiger partial charge in [-0.1, -0.05) is 0 Å². The molecule has 0 saturated carbocycles. The number of hydrogen-bond donors (Lipinski definition) is 3. The van der Waals surface area contributed by atoms with Gasteiger partial charge >= 0.3 is 6.03 Å². The van der Waals surface area contributed by atoms with Crippen molar-refractivity contribution in [2.45, 2.75) is 25.3 Å². The Morgan fingerprint density at radius 2 is 2.35 bits per heavy atom. The van der Waals surface area contributed by atoms with E-state index < -0.39 is 11.8 Å². The molecule has 1 unspecified atom stereocenters. The maximum Gasteiger partial charge on any atom is 0.319 e. The summed E-state index contributed by atoms with van der Waals surface area (Å²) in [6.45, 7) is 1.69. The molecule has 1 fully saturated rings. The van der Waals surface area contributed by atoms with Crippen LogP contribution in [0.15, 0.2) is 18.2 Å². The fraction of sp³-hybridized carbons (Fsp3) is 0.500. The van der Waals surface area contributed by atoms with Crippen LogP contribution in [0.1, 0.15) is 19.3 Å². The van der Waals surface area contributed by atoms with E-state index in [0.29, 0.717) is 18.3 Å². The maximum absolute atomic E-state index is 13.4. The smallest absolute Gasteiger partial charge is 0.319 e. The van der Waals surface area contributed by atoms with E-state index in [-0.39, 0.29) is 5.69 Å². The number of nitrogens with zero attached hydrogens (tertiary/aromatic N) is 1. The van der Waals surface area contributed by atoms with Crippen LogP contribution in [0.3, 0.4) is 0 Å². The molecule has 2 rings (SSSR count). The van der Waals surface area contributed by atoms with Gasteiger partial charge in [-0.3, -0.25) is 0 Å². The van der Waals surface area contributed by atoms with Crippen molar-refractivity contribution in [1.82, 2.24) is 10.2 Å². The molecule has 0 aliphatic carbocycles. The number of nitrogens with one attached hydrogen (secondary N) is 2. The second-order valence-corrected chi connectivity index (χ2v) is 5.19. The summed E-state index contributed by atoms with van der Waals surface area (Å²) >= 11 is 0. The third kappa shape index (κ3) is 3.84. The van der Waals surface area contributed by atoms with Crippen molar-refractivity contribution in [3.8, 4) is 0 Å². The number of nitrogen functional groups attached to an aromatic ring is 1. The summed E-state index contributed by atoms with van der Waals surface area (Å²) in [6, 6.07) is 4.21. The molecule has 1 aliphatic heterocycles. The molecule has 4 N–H and O–H groups in total. The molecule has 110 valence electrons. The highest BCUT2D eigenvalue weighted by atomic mass is 19.1. The molecule has 20 heavy (non-hydrogen) atoms. The molecule has 0 radical (unpaired) electrons. The van der Waals surface area contributed by atoms with Crippen molar-refractivity contribution in [2.75, 3.05) is 31.2 Å². The van der Waals surface area contributed by atoms with Crippen LogP contribution < -0.4 is 16.4 Å². The lowest BCUT2D eigenvalue weighted by Crippen LogP contribution is -2.34. The van der Waals surface area contributed by atoms with E-state index in [1.54, 1.807) is 0 Å². The van der Waals surface area contributed by atoms with Gasteiger partial charge in [0.05, 0.1) is 5.69 Å². The molecular weight excluding hydrogens is 259 g/mol. The highest BCUT2D eigenvalue weighted by molar-refractivity contribution is 5.89. The maximum atomic E-state index is 13.4. The molecule has 2 amide bonds. The third-order valence-corrected chi connectivity index (χ3v) is 3.67. The Kier molecular flexibility index (Phi) is 4.79. The number of benzene rings is 1. The predicted octanol–water partition coefficient (Wildman–Crippen LogP) is 2.01. The van der Waals surface area contributed by atoms with Crippen molar-refractivity contribution in [1.29, 1.82) is 0 Å². The summed E-state index contributed by atoms with van der Waals surface area (Å²) < 4.78 is 13.4. The summed E-state index contributed by atoms with van der Waals surface area (Å²) in [5.74, 6) is -0.495. The zero-order chi connectivity index (χ0) is 14.5. The monoisotopic (exact) mass is 280 g/mol. The van der Waals surface area contributed by atoms with Crippen LogP contribution >= 0.6 is 0 Å². The largest absolute Gasteiger partial charge is 0.399 e. The molecule has 1 atom stereocenters. The average molecular weight is 280 g/mol. The number of carbonyl (C=O) groups is 1. The van der Waals surface area contributed by atoms with E-state index in [2.05, 4.69) is 22.6 Å². The SMILES string of the molecule is CN1CCCC1CCNC(=O)Nc1cc(N)ccc1F. The lowest BCUT2D eigenvalue weighted by atomic mass is 10.1. The Morgan fingerprint density at radius 3 is 3.05 bits per heavy atom. The third-order valence-electron chi connectivity index (χ3n) is 3.67. The van der Waals surface area contributed by atoms with E-state index in [4.69, 9.17) is 5.73 Å². The number of urea groups is 1. The summed E-state index contributed by atoms with van der Waals surface area (Å²) in [4.78, 5) is 14.0. The first-order chi connectivity index (χ1) is 9.56. The summed E-state index contributed by atoms with van der Waals surface area (Å²) in [6.07, 6.45) is 3.29. The molecule has 5 nitrogen and oxygen atoms in total. The van der Waals surface area contributed by atoms with Gasteiger partial charge in [0.2, 0.25) is 0 Å². The fourth-order valence-electron chi connectivity index (χ4n) is 2.50. The molecule has 0 bridgehead atoms. The summed E-state index contributed by atoms with van der Waals surface area (Å²) in [5, 5.41) is 5.21. The molecule has 1 saturated heterocycles. The van der Waals surface area contributed by atoms with Crippen molar-refractivity contribution < 1.29 is 9.18 Å². The fourth-order valence-corrected chi connectivity index (χ4v) is 2.50. The van der Waals surface area contributed by atoms with Gasteiger partial charge in [0, 0.05) is 18.3 Å². The number of amides is 2. The normalized spacial score (nSPS) is 19.0. The minimum Gasteiger partial charge on any atom is -0.399 e. The number of rotatable bonds is 4. The van der Waals surface area contributed by atoms with Crippen molar-refractivity contribution in [2.24, 2.45) is 0 Å². The number of likely N-dealkylation sites (tertiary alicyclic amines) is 1. The first-order valence-electron chi connectivity index (χ1n) is 6.86. The van der Waals surface area contributed by atoms with Crippen LogP contribution in [-0.2, 0) is 0 Å². The van der Waals surface area contributed by atoms with E-state index in [0.717, 1.165) is 13.0 Å². The molecule has 0 spiro atoms. The summed E-state index contributed by atoms with van der Waals surface area (Å²) in [7, 11) is 2.10. The van der Waals surface area contributed by atoms with Gasteiger partial charge < -0.3 is 21.3 Å². The molecular formula is C14H21FN4O. The Balaban J connectivity index is 1.76. The van der Waals surface area contributed by atoms with Crippen LogP contribution in [0, 0.1) is 5.82 Å².